The second-order valence-corrected chi connectivity index (χ2v) is 14.8. The second kappa shape index (κ2) is 10.4. The van der Waals surface area contributed by atoms with E-state index in [0.717, 1.165) is 37.0 Å². The first-order valence-corrected chi connectivity index (χ1v) is 16.5. The molecule has 0 unspecified atom stereocenters. The number of hydrogen-bond donors (Lipinski definition) is 0. The van der Waals surface area contributed by atoms with Crippen LogP contribution in [0.2, 0.25) is 10.0 Å². The number of benzene rings is 2. The van der Waals surface area contributed by atoms with Crippen molar-refractivity contribution >= 4 is 44.5 Å². The average molecular weight is 620 g/mol. The SMILES string of the molecule is O=C(CS(=O)(=O)C1CC1)c1ccc(N2C[C@@H]3C[C@H]2C[C@H]3OCc2c(-c3c(Cl)cccc3Cl)noc2C2CC2)c(F)c1. The van der Waals surface area contributed by atoms with Crippen LogP contribution in [0.4, 0.5) is 10.1 Å². The number of ether oxygens (including phenoxy) is 1. The van der Waals surface area contributed by atoms with Crippen molar-refractivity contribution in [2.24, 2.45) is 5.92 Å². The van der Waals surface area contributed by atoms with E-state index < -0.39 is 32.4 Å². The first kappa shape index (κ1) is 27.4. The van der Waals surface area contributed by atoms with Crippen molar-refractivity contribution in [1.29, 1.82) is 0 Å². The monoisotopic (exact) mass is 618 g/mol. The fraction of sp³-hybridized carbons (Fsp3) is 0.467. The number of hydrogen-bond acceptors (Lipinski definition) is 7. The van der Waals surface area contributed by atoms with Crippen molar-refractivity contribution in [2.45, 2.75) is 68.4 Å². The molecule has 41 heavy (non-hydrogen) atoms. The lowest BCUT2D eigenvalue weighted by molar-refractivity contribution is 0.0122. The van der Waals surface area contributed by atoms with Crippen molar-refractivity contribution in [3.8, 4) is 11.3 Å². The molecule has 216 valence electrons. The fourth-order valence-corrected chi connectivity index (χ4v) is 8.57. The van der Waals surface area contributed by atoms with Gasteiger partial charge < -0.3 is 14.2 Å². The highest BCUT2D eigenvalue weighted by Gasteiger charge is 2.46. The summed E-state index contributed by atoms with van der Waals surface area (Å²) in [6.07, 6.45) is 4.93. The number of anilines is 1. The quantitative estimate of drug-likeness (QED) is 0.236. The van der Waals surface area contributed by atoms with E-state index in [4.69, 9.17) is 32.5 Å². The summed E-state index contributed by atoms with van der Waals surface area (Å²) in [6, 6.07) is 9.77. The molecule has 7 nitrogen and oxygen atoms in total. The molecule has 3 atom stereocenters. The average Bonchev–Trinajstić information content (AvgIpc) is 3.86. The highest BCUT2D eigenvalue weighted by atomic mass is 35.5. The van der Waals surface area contributed by atoms with Gasteiger partial charge in [0.15, 0.2) is 15.6 Å². The van der Waals surface area contributed by atoms with Gasteiger partial charge >= 0.3 is 0 Å². The van der Waals surface area contributed by atoms with Crippen LogP contribution in [0.5, 0.6) is 0 Å². The van der Waals surface area contributed by atoms with Crippen LogP contribution in [-0.4, -0.2) is 49.1 Å². The number of Topliss-reactive ketones (excluding diaryl/α,β-unsaturated/α-hetero) is 1. The number of piperidine rings is 1. The molecule has 7 rings (SSSR count). The smallest absolute Gasteiger partial charge is 0.177 e. The van der Waals surface area contributed by atoms with Gasteiger partial charge in [0.05, 0.1) is 33.7 Å². The number of halogens is 3. The van der Waals surface area contributed by atoms with E-state index in [1.807, 2.05) is 4.90 Å². The van der Waals surface area contributed by atoms with Crippen LogP contribution in [0.3, 0.4) is 0 Å². The number of ketones is 1. The molecule has 3 saturated carbocycles. The van der Waals surface area contributed by atoms with Gasteiger partial charge in [-0.05, 0) is 68.9 Å². The third-order valence-electron chi connectivity index (χ3n) is 8.83. The number of carbonyl (C=O) groups excluding carboxylic acids is 1. The molecule has 0 spiro atoms. The van der Waals surface area contributed by atoms with Gasteiger partial charge in [0.25, 0.3) is 0 Å². The van der Waals surface area contributed by atoms with Gasteiger partial charge in [-0.25, -0.2) is 12.8 Å². The molecule has 2 bridgehead atoms. The zero-order valence-corrected chi connectivity index (χ0v) is 24.5. The van der Waals surface area contributed by atoms with Gasteiger partial charge in [0.2, 0.25) is 0 Å². The van der Waals surface area contributed by atoms with E-state index >= 15 is 4.39 Å². The number of rotatable bonds is 10. The summed E-state index contributed by atoms with van der Waals surface area (Å²) in [7, 11) is -3.45. The van der Waals surface area contributed by atoms with Crippen LogP contribution in [0, 0.1) is 11.7 Å². The van der Waals surface area contributed by atoms with Crippen LogP contribution >= 0.6 is 23.2 Å². The first-order chi connectivity index (χ1) is 19.7. The fourth-order valence-electron chi connectivity index (χ4n) is 6.37. The van der Waals surface area contributed by atoms with Crippen LogP contribution in [0.15, 0.2) is 40.9 Å². The summed E-state index contributed by atoms with van der Waals surface area (Å²) in [5.74, 6) is -0.246. The zero-order valence-electron chi connectivity index (χ0n) is 22.2. The molecular formula is C30H29Cl2FN2O5S. The molecule has 4 aliphatic rings. The molecule has 3 aromatic rings. The summed E-state index contributed by atoms with van der Waals surface area (Å²) < 4.78 is 51.8. The van der Waals surface area contributed by atoms with Gasteiger partial charge in [-0.3, -0.25) is 4.79 Å². The molecule has 1 aliphatic heterocycles. The number of nitrogens with zero attached hydrogens (tertiary/aromatic N) is 2. The van der Waals surface area contributed by atoms with Crippen molar-refractivity contribution < 1.29 is 26.9 Å². The first-order valence-electron chi connectivity index (χ1n) is 14.0. The Kier molecular flexibility index (Phi) is 6.92. The standard InChI is InChI=1S/C30H29Cl2FN2O5S/c31-22-2-1-3-23(32)28(22)29-21(30(40-34-29)16-4-5-16)14-39-27-12-19-10-18(27)13-35(19)25-9-6-17(11-24(25)33)26(36)15-41(37,38)20-7-8-20/h1-3,6,9,11,16,18-20,27H,4-5,7-8,10,12-15H2/t18-,19-,27+/m0/s1. The predicted octanol–water partition coefficient (Wildman–Crippen LogP) is 6.61. The summed E-state index contributed by atoms with van der Waals surface area (Å²) >= 11 is 13.0. The van der Waals surface area contributed by atoms with Crippen molar-refractivity contribution in [3.05, 3.63) is 69.1 Å². The molecule has 3 aliphatic carbocycles. The third kappa shape index (κ3) is 5.19. The van der Waals surface area contributed by atoms with Crippen LogP contribution in [0.1, 0.15) is 66.1 Å². The van der Waals surface area contributed by atoms with Crippen molar-refractivity contribution in [3.63, 3.8) is 0 Å². The second-order valence-electron chi connectivity index (χ2n) is 11.7. The molecule has 1 saturated heterocycles. The minimum absolute atomic E-state index is 0.00399. The summed E-state index contributed by atoms with van der Waals surface area (Å²) in [4.78, 5) is 14.6. The van der Waals surface area contributed by atoms with Gasteiger partial charge in [-0.15, -0.1) is 0 Å². The Balaban J connectivity index is 1.03. The summed E-state index contributed by atoms with van der Waals surface area (Å²) in [5, 5.41) is 4.93. The maximum atomic E-state index is 15.2. The van der Waals surface area contributed by atoms with Gasteiger partial charge in [-0.1, -0.05) is 34.4 Å². The molecule has 0 N–H and O–H groups in total. The maximum absolute atomic E-state index is 15.2. The molecule has 2 aromatic carbocycles. The van der Waals surface area contributed by atoms with Gasteiger partial charge in [-0.2, -0.15) is 0 Å². The van der Waals surface area contributed by atoms with E-state index in [9.17, 15) is 13.2 Å². The van der Waals surface area contributed by atoms with E-state index in [-0.39, 0.29) is 23.6 Å². The van der Waals surface area contributed by atoms with Crippen molar-refractivity contribution in [2.75, 3.05) is 17.2 Å². The molecule has 4 fully saturated rings. The summed E-state index contributed by atoms with van der Waals surface area (Å²) in [5.41, 5.74) is 2.68. The van der Waals surface area contributed by atoms with Gasteiger partial charge in [0, 0.05) is 41.1 Å². The highest BCUT2D eigenvalue weighted by Crippen LogP contribution is 2.47. The lowest BCUT2D eigenvalue weighted by Gasteiger charge is -2.33. The molecule has 0 radical (unpaired) electrons. The Morgan fingerprint density at radius 3 is 2.49 bits per heavy atom. The van der Waals surface area contributed by atoms with Crippen LogP contribution in [-0.2, 0) is 21.2 Å². The number of aromatic nitrogens is 1. The highest BCUT2D eigenvalue weighted by molar-refractivity contribution is 7.93. The maximum Gasteiger partial charge on any atom is 0.177 e. The predicted molar refractivity (Wildman–Crippen MR) is 154 cm³/mol. The lowest BCUT2D eigenvalue weighted by atomic mass is 10.0. The number of carbonyl (C=O) groups is 1. The van der Waals surface area contributed by atoms with E-state index in [1.165, 1.54) is 12.1 Å². The van der Waals surface area contributed by atoms with Crippen LogP contribution < -0.4 is 4.90 Å². The largest absolute Gasteiger partial charge is 0.373 e. The van der Waals surface area contributed by atoms with Gasteiger partial charge in [0.1, 0.15) is 23.0 Å². The minimum Gasteiger partial charge on any atom is -0.373 e. The van der Waals surface area contributed by atoms with Crippen molar-refractivity contribution in [1.82, 2.24) is 5.16 Å². The number of sulfone groups is 1. The van der Waals surface area contributed by atoms with E-state index in [0.29, 0.717) is 58.9 Å². The third-order valence-corrected chi connectivity index (χ3v) is 11.6. The molecule has 11 heteroatoms. The van der Waals surface area contributed by atoms with E-state index in [1.54, 1.807) is 24.3 Å². The molecular weight excluding hydrogens is 590 g/mol. The van der Waals surface area contributed by atoms with E-state index in [2.05, 4.69) is 5.16 Å². The Bertz CT molecular complexity index is 1620. The Labute approximate surface area is 247 Å². The molecule has 0 amide bonds. The Morgan fingerprint density at radius 1 is 1.10 bits per heavy atom. The molecule has 1 aromatic heterocycles. The Hall–Kier alpha value is -2.46. The lowest BCUT2D eigenvalue weighted by Crippen LogP contribution is -2.39. The molecule has 2 heterocycles. The number of fused-ring (bicyclic) bond motifs is 2. The summed E-state index contributed by atoms with van der Waals surface area (Å²) in [6.45, 7) is 0.965. The normalized spacial score (nSPS) is 23.9. The Morgan fingerprint density at radius 2 is 1.85 bits per heavy atom. The zero-order chi connectivity index (χ0) is 28.5. The topological polar surface area (TPSA) is 89.7 Å². The van der Waals surface area contributed by atoms with Crippen LogP contribution in [0.25, 0.3) is 11.3 Å². The minimum atomic E-state index is -3.45.